The molecule has 0 saturated carbocycles. The van der Waals surface area contributed by atoms with E-state index < -0.39 is 39.8 Å². The van der Waals surface area contributed by atoms with E-state index in [4.69, 9.17) is 27.9 Å². The SMILES string of the molecule is COCCn1c(=O)[nH]c(=O)c2c(C(F)(F)F)cc(-c3cc(F)c(Cl)cc3Cl)nc21. The molecule has 0 aliphatic rings. The molecule has 2 heterocycles. The van der Waals surface area contributed by atoms with Gasteiger partial charge < -0.3 is 4.74 Å². The number of benzene rings is 1. The molecule has 154 valence electrons. The van der Waals surface area contributed by atoms with Gasteiger partial charge in [0.1, 0.15) is 5.82 Å². The third kappa shape index (κ3) is 4.00. The molecule has 12 heteroatoms. The van der Waals surface area contributed by atoms with Gasteiger partial charge in [0.25, 0.3) is 5.56 Å². The van der Waals surface area contributed by atoms with Gasteiger partial charge in [-0.05, 0) is 18.2 Å². The molecule has 0 aliphatic heterocycles. The monoisotopic (exact) mass is 451 g/mol. The van der Waals surface area contributed by atoms with Crippen LogP contribution in [0.5, 0.6) is 0 Å². The van der Waals surface area contributed by atoms with E-state index in [-0.39, 0.29) is 34.5 Å². The van der Waals surface area contributed by atoms with Crippen LogP contribution in [0.3, 0.4) is 0 Å². The van der Waals surface area contributed by atoms with E-state index in [9.17, 15) is 27.2 Å². The Kier molecular flexibility index (Phi) is 5.70. The van der Waals surface area contributed by atoms with Crippen molar-refractivity contribution in [2.75, 3.05) is 13.7 Å². The summed E-state index contributed by atoms with van der Waals surface area (Å²) in [6.45, 7) is -0.219. The van der Waals surface area contributed by atoms with Crippen LogP contribution in [0.2, 0.25) is 10.0 Å². The van der Waals surface area contributed by atoms with Gasteiger partial charge in [0.2, 0.25) is 0 Å². The number of ether oxygens (including phenoxy) is 1. The lowest BCUT2D eigenvalue weighted by Gasteiger charge is -2.15. The van der Waals surface area contributed by atoms with Gasteiger partial charge in [0, 0.05) is 12.7 Å². The van der Waals surface area contributed by atoms with E-state index >= 15 is 0 Å². The number of hydrogen-bond acceptors (Lipinski definition) is 4. The Hall–Kier alpha value is -2.43. The number of nitrogens with zero attached hydrogens (tertiary/aromatic N) is 2. The van der Waals surface area contributed by atoms with Gasteiger partial charge >= 0.3 is 11.9 Å². The Labute approximate surface area is 169 Å². The van der Waals surface area contributed by atoms with Crippen molar-refractivity contribution in [2.45, 2.75) is 12.7 Å². The number of pyridine rings is 1. The Balaban J connectivity index is 2.47. The van der Waals surface area contributed by atoms with Crippen molar-refractivity contribution in [2.24, 2.45) is 0 Å². The number of aromatic amines is 1. The molecule has 3 aromatic rings. The number of aromatic nitrogens is 3. The lowest BCUT2D eigenvalue weighted by atomic mass is 10.1. The zero-order chi connectivity index (χ0) is 21.5. The molecular weight excluding hydrogens is 441 g/mol. The van der Waals surface area contributed by atoms with Crippen LogP contribution < -0.4 is 11.2 Å². The van der Waals surface area contributed by atoms with E-state index in [1.807, 2.05) is 4.98 Å². The van der Waals surface area contributed by atoms with Gasteiger partial charge in [-0.15, -0.1) is 0 Å². The van der Waals surface area contributed by atoms with Crippen LogP contribution in [0.1, 0.15) is 5.56 Å². The number of H-pyrrole nitrogens is 1. The molecule has 0 saturated heterocycles. The second-order valence-corrected chi connectivity index (χ2v) is 6.72. The molecule has 0 bridgehead atoms. The van der Waals surface area contributed by atoms with Crippen molar-refractivity contribution < 1.29 is 22.3 Å². The number of rotatable bonds is 4. The number of methoxy groups -OCH3 is 1. The minimum Gasteiger partial charge on any atom is -0.383 e. The predicted octanol–water partition coefficient (Wildman–Crippen LogP) is 3.86. The molecule has 3 rings (SSSR count). The average molecular weight is 452 g/mol. The van der Waals surface area contributed by atoms with Gasteiger partial charge in [0.15, 0.2) is 5.65 Å². The molecule has 0 spiro atoms. The summed E-state index contributed by atoms with van der Waals surface area (Å²) < 4.78 is 60.7. The molecule has 0 unspecified atom stereocenters. The van der Waals surface area contributed by atoms with Crippen molar-refractivity contribution in [1.29, 1.82) is 0 Å². The van der Waals surface area contributed by atoms with E-state index in [1.54, 1.807) is 0 Å². The minimum absolute atomic E-state index is 0.0371. The summed E-state index contributed by atoms with van der Waals surface area (Å²) >= 11 is 11.6. The van der Waals surface area contributed by atoms with E-state index in [0.717, 1.165) is 16.7 Å². The Bertz CT molecular complexity index is 1220. The van der Waals surface area contributed by atoms with Crippen molar-refractivity contribution in [1.82, 2.24) is 14.5 Å². The van der Waals surface area contributed by atoms with Gasteiger partial charge in [-0.2, -0.15) is 13.2 Å². The second-order valence-electron chi connectivity index (χ2n) is 5.90. The average Bonchev–Trinajstić information content (AvgIpc) is 2.62. The summed E-state index contributed by atoms with van der Waals surface area (Å²) in [4.78, 5) is 30.2. The maximum atomic E-state index is 13.9. The van der Waals surface area contributed by atoms with Crippen LogP contribution in [0.15, 0.2) is 27.8 Å². The van der Waals surface area contributed by atoms with Gasteiger partial charge in [-0.3, -0.25) is 14.3 Å². The third-order valence-electron chi connectivity index (χ3n) is 4.06. The molecule has 1 N–H and O–H groups in total. The van der Waals surface area contributed by atoms with Crippen LogP contribution in [0.25, 0.3) is 22.3 Å². The fraction of sp³-hybridized carbons (Fsp3) is 0.235. The quantitative estimate of drug-likeness (QED) is 0.482. The topological polar surface area (TPSA) is 77.0 Å². The molecule has 2 aromatic heterocycles. The summed E-state index contributed by atoms with van der Waals surface area (Å²) in [7, 11) is 1.33. The maximum absolute atomic E-state index is 13.9. The maximum Gasteiger partial charge on any atom is 0.417 e. The summed E-state index contributed by atoms with van der Waals surface area (Å²) in [6.07, 6.45) is -4.97. The van der Waals surface area contributed by atoms with Crippen LogP contribution in [-0.2, 0) is 17.5 Å². The zero-order valence-corrected chi connectivity index (χ0v) is 16.0. The van der Waals surface area contributed by atoms with Crippen LogP contribution in [-0.4, -0.2) is 28.3 Å². The molecule has 6 nitrogen and oxygen atoms in total. The molecule has 1 aromatic carbocycles. The molecule has 0 radical (unpaired) electrons. The lowest BCUT2D eigenvalue weighted by molar-refractivity contribution is -0.136. The van der Waals surface area contributed by atoms with E-state index in [1.165, 1.54) is 7.11 Å². The highest BCUT2D eigenvalue weighted by atomic mass is 35.5. The summed E-state index contributed by atoms with van der Waals surface area (Å²) in [6, 6.07) is 2.41. The Morgan fingerprint density at radius 2 is 1.86 bits per heavy atom. The second kappa shape index (κ2) is 7.77. The fourth-order valence-electron chi connectivity index (χ4n) is 2.74. The summed E-state index contributed by atoms with van der Waals surface area (Å²) in [5.41, 5.74) is -4.68. The van der Waals surface area contributed by atoms with Crippen LogP contribution in [0, 0.1) is 5.82 Å². The van der Waals surface area contributed by atoms with Crippen LogP contribution >= 0.6 is 23.2 Å². The highest BCUT2D eigenvalue weighted by Gasteiger charge is 2.36. The standard InChI is InChI=1S/C17H11Cl2F4N3O3/c1-29-3-2-26-14-13(15(27)25-16(26)28)8(17(21,22)23)5-12(24-14)7-4-11(20)10(19)6-9(7)18/h4-6H,2-3H2,1H3,(H,25,27,28). The summed E-state index contributed by atoms with van der Waals surface area (Å²) in [5, 5.41) is -1.32. The fourth-order valence-corrected chi connectivity index (χ4v) is 3.22. The Morgan fingerprint density at radius 3 is 2.48 bits per heavy atom. The molecule has 0 fully saturated rings. The summed E-state index contributed by atoms with van der Waals surface area (Å²) in [5.74, 6) is -0.927. The first-order chi connectivity index (χ1) is 13.5. The largest absolute Gasteiger partial charge is 0.417 e. The van der Waals surface area contributed by atoms with E-state index in [2.05, 4.69) is 4.98 Å². The first-order valence-electron chi connectivity index (χ1n) is 7.93. The molecule has 0 atom stereocenters. The van der Waals surface area contributed by atoms with Gasteiger partial charge in [0.05, 0.1) is 39.8 Å². The molecular formula is C17H11Cl2F4N3O3. The molecule has 29 heavy (non-hydrogen) atoms. The highest BCUT2D eigenvalue weighted by molar-refractivity contribution is 6.36. The number of halogens is 6. The normalized spacial score (nSPS) is 12.0. The first kappa shape index (κ1) is 21.3. The highest BCUT2D eigenvalue weighted by Crippen LogP contribution is 2.37. The molecule has 0 aliphatic carbocycles. The molecule has 0 amide bonds. The van der Waals surface area contributed by atoms with Crippen molar-refractivity contribution in [3.63, 3.8) is 0 Å². The predicted molar refractivity (Wildman–Crippen MR) is 98.9 cm³/mol. The van der Waals surface area contributed by atoms with Gasteiger partial charge in [-0.1, -0.05) is 23.2 Å². The van der Waals surface area contributed by atoms with Crippen LogP contribution in [0.4, 0.5) is 17.6 Å². The number of hydrogen-bond donors (Lipinski definition) is 1. The number of alkyl halides is 3. The van der Waals surface area contributed by atoms with Gasteiger partial charge in [-0.25, -0.2) is 14.2 Å². The van der Waals surface area contributed by atoms with Crippen molar-refractivity contribution >= 4 is 34.2 Å². The number of fused-ring (bicyclic) bond motifs is 1. The van der Waals surface area contributed by atoms with E-state index in [0.29, 0.717) is 6.07 Å². The Morgan fingerprint density at radius 1 is 1.17 bits per heavy atom. The minimum atomic E-state index is -4.97. The number of nitrogens with one attached hydrogen (secondary N) is 1. The lowest BCUT2D eigenvalue weighted by Crippen LogP contribution is -2.33. The van der Waals surface area contributed by atoms with Crippen molar-refractivity contribution in [3.05, 3.63) is 60.5 Å². The smallest absolute Gasteiger partial charge is 0.383 e. The first-order valence-corrected chi connectivity index (χ1v) is 8.69. The zero-order valence-electron chi connectivity index (χ0n) is 14.5. The van der Waals surface area contributed by atoms with Crippen molar-refractivity contribution in [3.8, 4) is 11.3 Å². The third-order valence-corrected chi connectivity index (χ3v) is 4.66.